The molecule has 0 heterocycles. The normalized spacial score (nSPS) is 15.1. The molecule has 2 nitrogen and oxygen atoms in total. The first-order valence-corrected chi connectivity index (χ1v) is 10.7. The van der Waals surface area contributed by atoms with Gasteiger partial charge in [0.25, 0.3) is 0 Å². The lowest BCUT2D eigenvalue weighted by Gasteiger charge is -2.20. The van der Waals surface area contributed by atoms with Crippen molar-refractivity contribution in [3.63, 3.8) is 0 Å². The summed E-state index contributed by atoms with van der Waals surface area (Å²) in [5.74, 6) is 1.29. The fourth-order valence-electron chi connectivity index (χ4n) is 3.96. The van der Waals surface area contributed by atoms with Crippen molar-refractivity contribution in [3.05, 3.63) is 88.5 Å². The summed E-state index contributed by atoms with van der Waals surface area (Å²) in [4.78, 5) is 0. The first-order valence-electron chi connectivity index (χ1n) is 10.7. The third kappa shape index (κ3) is 5.06. The standard InChI is InChI=1S/C27H34N2/c1-18(2)24-13-10-14-25(19(3)4)27(24)29-28-26(23-11-8-7-9-12-23)17-22-15-20(5)21(6)16-22/h7-16,18-19,22,29H,17H2,1-6H3. The molecule has 2 aromatic carbocycles. The number of para-hydroxylation sites is 1. The van der Waals surface area contributed by atoms with Crippen molar-refractivity contribution in [2.75, 3.05) is 5.43 Å². The monoisotopic (exact) mass is 386 g/mol. The summed E-state index contributed by atoms with van der Waals surface area (Å²) in [6, 6.07) is 17.1. The fourth-order valence-corrected chi connectivity index (χ4v) is 3.96. The van der Waals surface area contributed by atoms with Crippen molar-refractivity contribution in [3.8, 4) is 0 Å². The Balaban J connectivity index is 1.98. The van der Waals surface area contributed by atoms with Crippen LogP contribution in [0.15, 0.2) is 76.9 Å². The Bertz CT molecular complexity index is 886. The second-order valence-corrected chi connectivity index (χ2v) is 8.72. The maximum Gasteiger partial charge on any atom is 0.0688 e. The predicted octanol–water partition coefficient (Wildman–Crippen LogP) is 7.66. The van der Waals surface area contributed by atoms with Gasteiger partial charge in [0.1, 0.15) is 0 Å². The fraction of sp³-hybridized carbons (Fsp3) is 0.370. The molecule has 0 amide bonds. The maximum absolute atomic E-state index is 4.97. The zero-order chi connectivity index (χ0) is 21.0. The molecule has 1 aliphatic rings. The minimum absolute atomic E-state index is 0.403. The van der Waals surface area contributed by atoms with Gasteiger partial charge in [0.2, 0.25) is 0 Å². The Morgan fingerprint density at radius 2 is 1.38 bits per heavy atom. The Hall–Kier alpha value is -2.61. The van der Waals surface area contributed by atoms with Crippen LogP contribution in [-0.2, 0) is 0 Å². The van der Waals surface area contributed by atoms with Crippen molar-refractivity contribution < 1.29 is 0 Å². The van der Waals surface area contributed by atoms with Gasteiger partial charge in [-0.15, -0.1) is 0 Å². The van der Waals surface area contributed by atoms with E-state index < -0.39 is 0 Å². The summed E-state index contributed by atoms with van der Waals surface area (Å²) in [6.07, 6.45) is 5.61. The lowest BCUT2D eigenvalue weighted by atomic mass is 9.93. The molecule has 0 aromatic heterocycles. The van der Waals surface area contributed by atoms with Crippen molar-refractivity contribution in [1.82, 2.24) is 0 Å². The average Bonchev–Trinajstić information content (AvgIpc) is 3.02. The highest BCUT2D eigenvalue weighted by atomic mass is 15.3. The number of rotatable bonds is 7. The van der Waals surface area contributed by atoms with Gasteiger partial charge in [-0.3, -0.25) is 5.43 Å². The highest BCUT2D eigenvalue weighted by Crippen LogP contribution is 2.33. The van der Waals surface area contributed by atoms with E-state index in [4.69, 9.17) is 5.10 Å². The summed E-state index contributed by atoms with van der Waals surface area (Å²) >= 11 is 0. The topological polar surface area (TPSA) is 24.4 Å². The summed E-state index contributed by atoms with van der Waals surface area (Å²) in [7, 11) is 0. The lowest BCUT2D eigenvalue weighted by Crippen LogP contribution is -2.11. The molecule has 0 saturated heterocycles. The number of allylic oxidation sites excluding steroid dienone is 4. The van der Waals surface area contributed by atoms with Gasteiger partial charge in [-0.1, -0.05) is 99.5 Å². The molecule has 29 heavy (non-hydrogen) atoms. The molecule has 0 atom stereocenters. The average molecular weight is 387 g/mol. The molecule has 1 aliphatic carbocycles. The van der Waals surface area contributed by atoms with E-state index in [-0.39, 0.29) is 0 Å². The van der Waals surface area contributed by atoms with Crippen LogP contribution in [0.25, 0.3) is 0 Å². The minimum atomic E-state index is 0.403. The summed E-state index contributed by atoms with van der Waals surface area (Å²) in [6.45, 7) is 13.4. The number of anilines is 1. The Morgan fingerprint density at radius 1 is 0.828 bits per heavy atom. The van der Waals surface area contributed by atoms with Crippen molar-refractivity contribution in [2.24, 2.45) is 11.0 Å². The molecule has 0 unspecified atom stereocenters. The molecule has 2 aromatic rings. The van der Waals surface area contributed by atoms with Gasteiger partial charge in [-0.2, -0.15) is 5.10 Å². The molecule has 0 radical (unpaired) electrons. The number of nitrogens with one attached hydrogen (secondary N) is 1. The number of benzene rings is 2. The van der Waals surface area contributed by atoms with E-state index >= 15 is 0 Å². The molecule has 0 aliphatic heterocycles. The zero-order valence-electron chi connectivity index (χ0n) is 18.7. The van der Waals surface area contributed by atoms with Gasteiger partial charge in [0.15, 0.2) is 0 Å². The molecule has 152 valence electrons. The van der Waals surface area contributed by atoms with E-state index in [1.54, 1.807) is 0 Å². The molecular weight excluding hydrogens is 352 g/mol. The Kier molecular flexibility index (Phi) is 6.74. The smallest absolute Gasteiger partial charge is 0.0688 e. The molecular formula is C27H34N2. The van der Waals surface area contributed by atoms with Gasteiger partial charge in [0.05, 0.1) is 11.4 Å². The van der Waals surface area contributed by atoms with E-state index in [2.05, 4.69) is 108 Å². The van der Waals surface area contributed by atoms with Crippen molar-refractivity contribution in [2.45, 2.75) is 59.8 Å². The second kappa shape index (κ2) is 9.26. The highest BCUT2D eigenvalue weighted by Gasteiger charge is 2.17. The Morgan fingerprint density at radius 3 is 1.90 bits per heavy atom. The quantitative estimate of drug-likeness (QED) is 0.383. The van der Waals surface area contributed by atoms with Crippen LogP contribution in [0.1, 0.15) is 76.5 Å². The number of nitrogens with zero attached hydrogens (tertiary/aromatic N) is 1. The van der Waals surface area contributed by atoms with Gasteiger partial charge in [-0.25, -0.2) is 0 Å². The molecule has 0 saturated carbocycles. The summed E-state index contributed by atoms with van der Waals surface area (Å²) < 4.78 is 0. The SMILES string of the molecule is CC1=CC(CC(=NNc2c(C(C)C)cccc2C(C)C)c2ccccc2)C=C1C. The van der Waals surface area contributed by atoms with Crippen LogP contribution in [0.2, 0.25) is 0 Å². The van der Waals surface area contributed by atoms with E-state index in [9.17, 15) is 0 Å². The summed E-state index contributed by atoms with van der Waals surface area (Å²) in [5.41, 5.74) is 12.3. The maximum atomic E-state index is 4.97. The highest BCUT2D eigenvalue weighted by molar-refractivity contribution is 6.01. The van der Waals surface area contributed by atoms with E-state index in [0.29, 0.717) is 17.8 Å². The third-order valence-corrected chi connectivity index (χ3v) is 5.76. The van der Waals surface area contributed by atoms with Crippen LogP contribution in [0, 0.1) is 5.92 Å². The number of hydrogen-bond donors (Lipinski definition) is 1. The van der Waals surface area contributed by atoms with Gasteiger partial charge in [-0.05, 0) is 42.4 Å². The van der Waals surface area contributed by atoms with Crippen molar-refractivity contribution in [1.29, 1.82) is 0 Å². The van der Waals surface area contributed by atoms with E-state index in [1.165, 1.54) is 27.8 Å². The molecule has 0 bridgehead atoms. The van der Waals surface area contributed by atoms with Gasteiger partial charge in [0, 0.05) is 12.3 Å². The first kappa shape index (κ1) is 21.1. The number of hydrogen-bond acceptors (Lipinski definition) is 2. The molecule has 2 heteroatoms. The third-order valence-electron chi connectivity index (χ3n) is 5.76. The van der Waals surface area contributed by atoms with Gasteiger partial charge >= 0.3 is 0 Å². The zero-order valence-corrected chi connectivity index (χ0v) is 18.7. The van der Waals surface area contributed by atoms with Crippen LogP contribution in [0.3, 0.4) is 0 Å². The minimum Gasteiger partial charge on any atom is -0.278 e. The van der Waals surface area contributed by atoms with Crippen LogP contribution in [0.5, 0.6) is 0 Å². The van der Waals surface area contributed by atoms with Crippen LogP contribution < -0.4 is 5.43 Å². The molecule has 0 spiro atoms. The van der Waals surface area contributed by atoms with E-state index in [1.807, 2.05) is 0 Å². The predicted molar refractivity (Wildman–Crippen MR) is 127 cm³/mol. The number of hydrazone groups is 1. The van der Waals surface area contributed by atoms with Crippen LogP contribution in [-0.4, -0.2) is 5.71 Å². The lowest BCUT2D eigenvalue weighted by molar-refractivity contribution is 0.833. The second-order valence-electron chi connectivity index (χ2n) is 8.72. The van der Waals surface area contributed by atoms with Crippen molar-refractivity contribution >= 4 is 11.4 Å². The Labute approximate surface area is 176 Å². The summed E-state index contributed by atoms with van der Waals surface area (Å²) in [5, 5.41) is 4.97. The first-order chi connectivity index (χ1) is 13.9. The van der Waals surface area contributed by atoms with Crippen LogP contribution in [0.4, 0.5) is 5.69 Å². The largest absolute Gasteiger partial charge is 0.278 e. The molecule has 1 N–H and O–H groups in total. The van der Waals surface area contributed by atoms with E-state index in [0.717, 1.165) is 17.8 Å². The van der Waals surface area contributed by atoms with Crippen LogP contribution >= 0.6 is 0 Å². The molecule has 3 rings (SSSR count). The molecule has 0 fully saturated rings. The van der Waals surface area contributed by atoms with Gasteiger partial charge < -0.3 is 0 Å².